The Balaban J connectivity index is 2.45. The molecule has 1 aromatic heterocycles. The summed E-state index contributed by atoms with van der Waals surface area (Å²) >= 11 is 0. The maximum Gasteiger partial charge on any atom is 0.501 e. The predicted molar refractivity (Wildman–Crippen MR) is 86.8 cm³/mol. The largest absolute Gasteiger partial charge is 0.501 e. The molecule has 0 atom stereocenters. The van der Waals surface area contributed by atoms with Gasteiger partial charge in [-0.15, -0.1) is 0 Å². The van der Waals surface area contributed by atoms with Crippen molar-refractivity contribution < 1.29 is 26.5 Å². The van der Waals surface area contributed by atoms with Gasteiger partial charge in [0.2, 0.25) is 0 Å². The first-order valence-electron chi connectivity index (χ1n) is 7.15. The summed E-state index contributed by atoms with van der Waals surface area (Å²) in [5, 5.41) is 17.9. The first-order valence-corrected chi connectivity index (χ1v) is 8.64. The molecule has 0 spiro atoms. The summed E-state index contributed by atoms with van der Waals surface area (Å²) in [7, 11) is -5.69. The molecule has 2 rings (SSSR count). The Bertz CT molecular complexity index is 946. The van der Waals surface area contributed by atoms with Crippen molar-refractivity contribution >= 4 is 26.9 Å². The van der Waals surface area contributed by atoms with Crippen LogP contribution in [-0.4, -0.2) is 28.6 Å². The normalized spacial score (nSPS) is 12.8. The van der Waals surface area contributed by atoms with E-state index in [-0.39, 0.29) is 11.2 Å². The monoisotopic (exact) mass is 392 g/mol. The van der Waals surface area contributed by atoms with Crippen LogP contribution in [0.2, 0.25) is 0 Å². The molecule has 0 unspecified atom stereocenters. The van der Waals surface area contributed by atoms with Crippen molar-refractivity contribution in [1.82, 2.24) is 9.78 Å². The van der Waals surface area contributed by atoms with Gasteiger partial charge in [0.1, 0.15) is 5.69 Å². The molecule has 26 heavy (non-hydrogen) atoms. The van der Waals surface area contributed by atoms with E-state index in [1.165, 1.54) is 6.20 Å². The van der Waals surface area contributed by atoms with E-state index in [1.54, 1.807) is 10.9 Å². The second-order valence-electron chi connectivity index (χ2n) is 6.35. The second kappa shape index (κ2) is 6.27. The molecule has 1 aromatic carbocycles. The lowest BCUT2D eigenvalue weighted by Gasteiger charge is -2.18. The van der Waals surface area contributed by atoms with Crippen molar-refractivity contribution in [1.29, 1.82) is 0 Å². The van der Waals surface area contributed by atoms with Crippen molar-refractivity contribution in [2.75, 3.05) is 5.32 Å². The highest BCUT2D eigenvalue weighted by atomic mass is 32.2. The number of nitro groups is 1. The Morgan fingerprint density at radius 2 is 1.85 bits per heavy atom. The third kappa shape index (κ3) is 3.79. The average Bonchev–Trinajstić information content (AvgIpc) is 2.94. The molecule has 8 nitrogen and oxygen atoms in total. The van der Waals surface area contributed by atoms with E-state index in [4.69, 9.17) is 0 Å². The molecule has 0 radical (unpaired) electrons. The number of nitrogens with zero attached hydrogens (tertiary/aromatic N) is 3. The van der Waals surface area contributed by atoms with E-state index in [2.05, 4.69) is 10.4 Å². The lowest BCUT2D eigenvalue weighted by Crippen LogP contribution is -2.23. The van der Waals surface area contributed by atoms with Gasteiger partial charge in [0.05, 0.1) is 27.2 Å². The number of benzene rings is 1. The van der Waals surface area contributed by atoms with Crippen molar-refractivity contribution in [3.05, 3.63) is 40.7 Å². The van der Waals surface area contributed by atoms with Gasteiger partial charge in [-0.05, 0) is 32.9 Å². The van der Waals surface area contributed by atoms with E-state index in [9.17, 15) is 31.7 Å². The van der Waals surface area contributed by atoms with E-state index < -0.39 is 30.9 Å². The Morgan fingerprint density at radius 1 is 1.23 bits per heavy atom. The molecule has 0 saturated heterocycles. The van der Waals surface area contributed by atoms with Gasteiger partial charge in [-0.25, -0.2) is 8.42 Å². The van der Waals surface area contributed by atoms with Gasteiger partial charge in [0.25, 0.3) is 15.5 Å². The van der Waals surface area contributed by atoms with Gasteiger partial charge in [0, 0.05) is 12.3 Å². The Morgan fingerprint density at radius 3 is 2.31 bits per heavy atom. The molecule has 1 heterocycles. The van der Waals surface area contributed by atoms with Crippen LogP contribution in [0.25, 0.3) is 0 Å². The van der Waals surface area contributed by atoms with E-state index in [0.717, 1.165) is 6.07 Å². The Kier molecular flexibility index (Phi) is 4.75. The van der Waals surface area contributed by atoms with E-state index >= 15 is 0 Å². The van der Waals surface area contributed by atoms with E-state index in [1.807, 2.05) is 20.8 Å². The van der Waals surface area contributed by atoms with Crippen molar-refractivity contribution in [3.63, 3.8) is 0 Å². The number of sulfone groups is 1. The van der Waals surface area contributed by atoms with Crippen LogP contribution >= 0.6 is 0 Å². The number of halogens is 3. The molecule has 12 heteroatoms. The molecule has 0 bridgehead atoms. The smallest absolute Gasteiger partial charge is 0.347 e. The predicted octanol–water partition coefficient (Wildman–Crippen LogP) is 3.58. The minimum absolute atomic E-state index is 0.162. The third-order valence-corrected chi connectivity index (χ3v) is 4.81. The minimum atomic E-state index is -5.69. The molecule has 2 aromatic rings. The van der Waals surface area contributed by atoms with Crippen LogP contribution in [0.5, 0.6) is 0 Å². The minimum Gasteiger partial charge on any atom is -0.347 e. The summed E-state index contributed by atoms with van der Waals surface area (Å²) in [4.78, 5) is 9.01. The van der Waals surface area contributed by atoms with Crippen LogP contribution < -0.4 is 5.32 Å². The topological polar surface area (TPSA) is 107 Å². The molecular formula is C14H15F3N4O4S. The lowest BCUT2D eigenvalue weighted by molar-refractivity contribution is -0.384. The first-order chi connectivity index (χ1) is 11.7. The molecule has 1 N–H and O–H groups in total. The summed E-state index contributed by atoms with van der Waals surface area (Å²) in [5.41, 5.74) is -6.52. The molecular weight excluding hydrogens is 377 g/mol. The molecule has 0 amide bonds. The van der Waals surface area contributed by atoms with Crippen LogP contribution in [0.1, 0.15) is 20.8 Å². The summed E-state index contributed by atoms with van der Waals surface area (Å²) in [6.07, 6.45) is 2.94. The van der Waals surface area contributed by atoms with E-state index in [0.29, 0.717) is 17.8 Å². The quantitative estimate of drug-likeness (QED) is 0.629. The molecule has 0 aliphatic heterocycles. The highest BCUT2D eigenvalue weighted by molar-refractivity contribution is 7.92. The number of hydrogen-bond acceptors (Lipinski definition) is 6. The number of nitro benzene ring substituents is 1. The van der Waals surface area contributed by atoms with Crippen LogP contribution in [0.3, 0.4) is 0 Å². The van der Waals surface area contributed by atoms with Crippen molar-refractivity contribution in [2.24, 2.45) is 0 Å². The van der Waals surface area contributed by atoms with Gasteiger partial charge >= 0.3 is 5.51 Å². The number of rotatable bonds is 4. The maximum atomic E-state index is 12.6. The van der Waals surface area contributed by atoms with Gasteiger partial charge in [0.15, 0.2) is 0 Å². The Hall–Kier alpha value is -2.63. The second-order valence-corrected chi connectivity index (χ2v) is 8.30. The zero-order valence-electron chi connectivity index (χ0n) is 13.9. The summed E-state index contributed by atoms with van der Waals surface area (Å²) in [6.45, 7) is 5.63. The zero-order chi connectivity index (χ0) is 19.9. The summed E-state index contributed by atoms with van der Waals surface area (Å²) < 4.78 is 62.3. The van der Waals surface area contributed by atoms with Gasteiger partial charge in [-0.2, -0.15) is 18.3 Å². The molecule has 0 aliphatic rings. The van der Waals surface area contributed by atoms with Gasteiger partial charge < -0.3 is 5.32 Å². The van der Waals surface area contributed by atoms with Crippen LogP contribution in [0.15, 0.2) is 35.5 Å². The fourth-order valence-electron chi connectivity index (χ4n) is 1.98. The number of anilines is 2. The zero-order valence-corrected chi connectivity index (χ0v) is 14.7. The fourth-order valence-corrected chi connectivity index (χ4v) is 2.76. The third-order valence-electron chi connectivity index (χ3n) is 3.33. The summed E-state index contributed by atoms with van der Waals surface area (Å²) in [6, 6.07) is 1.94. The molecule has 0 fully saturated rings. The number of aromatic nitrogens is 2. The van der Waals surface area contributed by atoms with Crippen molar-refractivity contribution in [2.45, 2.75) is 36.7 Å². The molecule has 142 valence electrons. The van der Waals surface area contributed by atoms with Crippen molar-refractivity contribution in [3.8, 4) is 0 Å². The highest BCUT2D eigenvalue weighted by Crippen LogP contribution is 2.35. The number of alkyl halides is 3. The molecule has 0 aliphatic carbocycles. The number of hydrogen-bond donors (Lipinski definition) is 1. The SMILES string of the molecule is CC(C)(C)n1cc(Nc2ccc(S(=O)(=O)C(F)(F)F)cc2[N+](=O)[O-])cn1. The van der Waals surface area contributed by atoms with Crippen LogP contribution in [0.4, 0.5) is 30.2 Å². The summed E-state index contributed by atoms with van der Waals surface area (Å²) in [5.74, 6) is 0. The maximum absolute atomic E-state index is 12.6. The first kappa shape index (κ1) is 19.7. The number of nitrogens with one attached hydrogen (secondary N) is 1. The standard InChI is InChI=1S/C14H15F3N4O4S/c1-13(2,3)20-8-9(7-18-20)19-11-5-4-10(6-12(11)21(22)23)26(24,25)14(15,16)17/h4-8,19H,1-3H3. The average molecular weight is 392 g/mol. The Labute approximate surface area is 146 Å². The lowest BCUT2D eigenvalue weighted by atomic mass is 10.1. The highest BCUT2D eigenvalue weighted by Gasteiger charge is 2.47. The fraction of sp³-hybridized carbons (Fsp3) is 0.357. The molecule has 0 saturated carbocycles. The van der Waals surface area contributed by atoms with Gasteiger partial charge in [-0.1, -0.05) is 0 Å². The van der Waals surface area contributed by atoms with Crippen LogP contribution in [0, 0.1) is 10.1 Å². The van der Waals surface area contributed by atoms with Gasteiger partial charge in [-0.3, -0.25) is 14.8 Å². The van der Waals surface area contributed by atoms with Crippen LogP contribution in [-0.2, 0) is 15.4 Å².